The van der Waals surface area contributed by atoms with E-state index >= 15 is 0 Å². The summed E-state index contributed by atoms with van der Waals surface area (Å²) in [5.41, 5.74) is 4.59. The molecule has 1 aromatic rings. The number of nitrogens with two attached hydrogens (primary N) is 1. The molecule has 15 heavy (non-hydrogen) atoms. The molecule has 0 atom stereocenters. The molecule has 1 aliphatic heterocycles. The van der Waals surface area contributed by atoms with Crippen LogP contribution in [0.2, 0.25) is 0 Å². The molecule has 2 N–H and O–H groups in total. The molecule has 0 saturated carbocycles. The van der Waals surface area contributed by atoms with Crippen LogP contribution in [-0.2, 0) is 14.9 Å². The number of primary amides is 1. The molecule has 2 rings (SSSR count). The van der Waals surface area contributed by atoms with Crippen molar-refractivity contribution in [2.75, 3.05) is 13.2 Å². The quantitative estimate of drug-likeness (QED) is 0.786. The zero-order chi connectivity index (χ0) is 11.1. The summed E-state index contributed by atoms with van der Waals surface area (Å²) in [5.74, 6) is -2.52. The second-order valence-corrected chi connectivity index (χ2v) is 3.57. The number of benzene rings is 1. The fourth-order valence-electron chi connectivity index (χ4n) is 1.55. The lowest BCUT2D eigenvalue weighted by atomic mass is 9.78. The van der Waals surface area contributed by atoms with Crippen molar-refractivity contribution in [3.63, 3.8) is 0 Å². The van der Waals surface area contributed by atoms with Gasteiger partial charge < -0.3 is 10.5 Å². The molecule has 1 amide bonds. The summed E-state index contributed by atoms with van der Waals surface area (Å²) in [4.78, 5) is 11.2. The van der Waals surface area contributed by atoms with Gasteiger partial charge in [-0.1, -0.05) is 6.07 Å². The third-order valence-electron chi connectivity index (χ3n) is 2.64. The highest BCUT2D eigenvalue weighted by atomic mass is 19.2. The van der Waals surface area contributed by atoms with E-state index in [1.807, 2.05) is 0 Å². The van der Waals surface area contributed by atoms with Crippen LogP contribution in [0.4, 0.5) is 8.78 Å². The highest BCUT2D eigenvalue weighted by Crippen LogP contribution is 2.32. The summed E-state index contributed by atoms with van der Waals surface area (Å²) < 4.78 is 30.6. The third kappa shape index (κ3) is 1.39. The van der Waals surface area contributed by atoms with Gasteiger partial charge in [0.25, 0.3) is 0 Å². The first kappa shape index (κ1) is 10.0. The second-order valence-electron chi connectivity index (χ2n) is 3.57. The minimum Gasteiger partial charge on any atom is -0.378 e. The fourth-order valence-corrected chi connectivity index (χ4v) is 1.55. The van der Waals surface area contributed by atoms with Crippen molar-refractivity contribution in [3.05, 3.63) is 35.4 Å². The lowest BCUT2D eigenvalue weighted by Crippen LogP contribution is -2.56. The van der Waals surface area contributed by atoms with Crippen molar-refractivity contribution < 1.29 is 18.3 Å². The molecule has 80 valence electrons. The van der Waals surface area contributed by atoms with Crippen LogP contribution in [-0.4, -0.2) is 19.1 Å². The normalized spacial score (nSPS) is 18.3. The summed E-state index contributed by atoms with van der Waals surface area (Å²) in [6, 6.07) is 3.32. The molecule has 0 radical (unpaired) electrons. The minimum absolute atomic E-state index is 0.118. The molecule has 0 aliphatic carbocycles. The maximum atomic E-state index is 13.0. The Bertz CT molecular complexity index is 416. The van der Waals surface area contributed by atoms with Gasteiger partial charge in [-0.05, 0) is 17.7 Å². The number of halogens is 2. The predicted molar refractivity (Wildman–Crippen MR) is 48.0 cm³/mol. The van der Waals surface area contributed by atoms with Gasteiger partial charge in [-0.2, -0.15) is 0 Å². The third-order valence-corrected chi connectivity index (χ3v) is 2.64. The van der Waals surface area contributed by atoms with E-state index in [1.54, 1.807) is 0 Å². The Balaban J connectivity index is 2.44. The van der Waals surface area contributed by atoms with E-state index in [4.69, 9.17) is 10.5 Å². The van der Waals surface area contributed by atoms with Crippen molar-refractivity contribution >= 4 is 5.91 Å². The molecule has 3 nitrogen and oxygen atoms in total. The average Bonchev–Trinajstić information content (AvgIpc) is 2.08. The monoisotopic (exact) mass is 213 g/mol. The SMILES string of the molecule is NC(=O)C1(c2ccc(F)c(F)c2)COC1. The van der Waals surface area contributed by atoms with Crippen molar-refractivity contribution in [1.82, 2.24) is 0 Å². The number of rotatable bonds is 2. The molecule has 1 aromatic carbocycles. The maximum absolute atomic E-state index is 13.0. The molecule has 1 fully saturated rings. The van der Waals surface area contributed by atoms with Crippen LogP contribution in [0.25, 0.3) is 0 Å². The van der Waals surface area contributed by atoms with Crippen molar-refractivity contribution in [3.8, 4) is 0 Å². The summed E-state index contributed by atoms with van der Waals surface area (Å²) >= 11 is 0. The van der Waals surface area contributed by atoms with E-state index in [1.165, 1.54) is 6.07 Å². The van der Waals surface area contributed by atoms with E-state index in [0.717, 1.165) is 12.1 Å². The first-order valence-electron chi connectivity index (χ1n) is 4.39. The van der Waals surface area contributed by atoms with E-state index in [0.29, 0.717) is 5.56 Å². The average molecular weight is 213 g/mol. The van der Waals surface area contributed by atoms with Gasteiger partial charge >= 0.3 is 0 Å². The summed E-state index contributed by atoms with van der Waals surface area (Å²) in [6.45, 7) is 0.237. The van der Waals surface area contributed by atoms with Gasteiger partial charge in [0.05, 0.1) is 13.2 Å². The first-order valence-corrected chi connectivity index (χ1v) is 4.39. The number of carbonyl (C=O) groups is 1. The highest BCUT2D eigenvalue weighted by molar-refractivity contribution is 5.88. The van der Waals surface area contributed by atoms with Crippen LogP contribution in [0.1, 0.15) is 5.56 Å². The molecule has 0 unspecified atom stereocenters. The molecule has 0 spiro atoms. The minimum atomic E-state index is -0.992. The molecular weight excluding hydrogens is 204 g/mol. The Labute approximate surface area is 84.8 Å². The van der Waals surface area contributed by atoms with Gasteiger partial charge in [-0.3, -0.25) is 4.79 Å². The van der Waals surface area contributed by atoms with Gasteiger partial charge in [0.2, 0.25) is 5.91 Å². The summed E-state index contributed by atoms with van der Waals surface area (Å²) in [7, 11) is 0. The van der Waals surface area contributed by atoms with E-state index < -0.39 is 23.0 Å². The lowest BCUT2D eigenvalue weighted by Gasteiger charge is -2.38. The van der Waals surface area contributed by atoms with Crippen LogP contribution in [0.3, 0.4) is 0 Å². The molecule has 1 heterocycles. The number of hydrogen-bond donors (Lipinski definition) is 1. The van der Waals surface area contributed by atoms with Crippen molar-refractivity contribution in [1.29, 1.82) is 0 Å². The number of amides is 1. The van der Waals surface area contributed by atoms with Crippen molar-refractivity contribution in [2.45, 2.75) is 5.41 Å². The van der Waals surface area contributed by atoms with Gasteiger partial charge in [0, 0.05) is 0 Å². The van der Waals surface area contributed by atoms with Crippen LogP contribution in [0, 0.1) is 11.6 Å². The van der Waals surface area contributed by atoms with E-state index in [9.17, 15) is 13.6 Å². The molecular formula is C10H9F2NO2. The van der Waals surface area contributed by atoms with Gasteiger partial charge in [-0.15, -0.1) is 0 Å². The topological polar surface area (TPSA) is 52.3 Å². The van der Waals surface area contributed by atoms with Crippen LogP contribution >= 0.6 is 0 Å². The van der Waals surface area contributed by atoms with E-state index in [2.05, 4.69) is 0 Å². The Morgan fingerprint density at radius 2 is 2.00 bits per heavy atom. The largest absolute Gasteiger partial charge is 0.378 e. The lowest BCUT2D eigenvalue weighted by molar-refractivity contribution is -0.141. The molecule has 0 aromatic heterocycles. The van der Waals surface area contributed by atoms with Gasteiger partial charge in [0.1, 0.15) is 5.41 Å². The Morgan fingerprint density at radius 3 is 2.40 bits per heavy atom. The standard InChI is InChI=1S/C10H9F2NO2/c11-7-2-1-6(3-8(7)12)10(9(13)14)4-15-5-10/h1-3H,4-5H2,(H2,13,14). The zero-order valence-corrected chi connectivity index (χ0v) is 7.80. The van der Waals surface area contributed by atoms with Gasteiger partial charge in [0.15, 0.2) is 11.6 Å². The second kappa shape index (κ2) is 3.27. The number of ether oxygens (including phenoxy) is 1. The first-order chi connectivity index (χ1) is 7.06. The summed E-state index contributed by atoms with van der Waals surface area (Å²) in [5, 5.41) is 0. The van der Waals surface area contributed by atoms with Crippen LogP contribution in [0.15, 0.2) is 18.2 Å². The van der Waals surface area contributed by atoms with Gasteiger partial charge in [-0.25, -0.2) is 8.78 Å². The van der Waals surface area contributed by atoms with Crippen LogP contribution < -0.4 is 5.73 Å². The molecule has 1 saturated heterocycles. The molecule has 0 bridgehead atoms. The molecule has 5 heteroatoms. The molecule has 1 aliphatic rings. The number of hydrogen-bond acceptors (Lipinski definition) is 2. The summed E-state index contributed by atoms with van der Waals surface area (Å²) in [6.07, 6.45) is 0. The Kier molecular flexibility index (Phi) is 2.19. The predicted octanol–water partition coefficient (Wildman–Crippen LogP) is 0.718. The Hall–Kier alpha value is -1.49. The van der Waals surface area contributed by atoms with Crippen molar-refractivity contribution in [2.24, 2.45) is 5.73 Å². The highest BCUT2D eigenvalue weighted by Gasteiger charge is 2.46. The smallest absolute Gasteiger partial charge is 0.232 e. The Morgan fingerprint density at radius 1 is 1.33 bits per heavy atom. The maximum Gasteiger partial charge on any atom is 0.232 e. The number of carbonyl (C=O) groups excluding carboxylic acids is 1. The fraction of sp³-hybridized carbons (Fsp3) is 0.300. The van der Waals surface area contributed by atoms with Crippen LogP contribution in [0.5, 0.6) is 0 Å². The van der Waals surface area contributed by atoms with E-state index in [-0.39, 0.29) is 13.2 Å². The zero-order valence-electron chi connectivity index (χ0n) is 7.80.